The molecule has 0 fully saturated rings. The second kappa shape index (κ2) is 10.2. The van der Waals surface area contributed by atoms with Gasteiger partial charge in [0.15, 0.2) is 0 Å². The van der Waals surface area contributed by atoms with Crippen LogP contribution in [-0.2, 0) is 6.54 Å². The molecule has 3 heterocycles. The maximum atomic E-state index is 14.1. The summed E-state index contributed by atoms with van der Waals surface area (Å²) in [7, 11) is -3.60. The Morgan fingerprint density at radius 1 is 1.02 bits per heavy atom. The number of fused-ring (bicyclic) bond motifs is 8. The minimum atomic E-state index is -3.60. The normalized spacial score (nSPS) is 20.2. The summed E-state index contributed by atoms with van der Waals surface area (Å²) in [5, 5.41) is 0. The van der Waals surface area contributed by atoms with Crippen molar-refractivity contribution < 1.29 is 18.6 Å². The van der Waals surface area contributed by atoms with Crippen LogP contribution in [0.1, 0.15) is 53.4 Å². The molecule has 40 heavy (non-hydrogen) atoms. The van der Waals surface area contributed by atoms with Gasteiger partial charge in [-0.1, -0.05) is 79.2 Å². The molecule has 9 heteroatoms. The largest absolute Gasteiger partial charge is 0.467 e. The molecule has 0 spiro atoms. The molecule has 2 aliphatic rings. The summed E-state index contributed by atoms with van der Waals surface area (Å²) in [4.78, 5) is 25.3. The number of rotatable bonds is 3. The Morgan fingerprint density at radius 3 is 2.60 bits per heavy atom. The molecule has 6 rings (SSSR count). The Labute approximate surface area is 235 Å². The molecule has 2 atom stereocenters. The molecule has 0 radical (unpaired) electrons. The Hall–Kier alpha value is -3.92. The smallest absolute Gasteiger partial charge is 0.254 e. The summed E-state index contributed by atoms with van der Waals surface area (Å²) in [6, 6.07) is 23.8. The molecular weight excluding hydrogens is 524 g/mol. The zero-order chi connectivity index (χ0) is 28.0. The number of hydrogen-bond donors (Lipinski definition) is 3. The number of carbonyl (C=O) groups is 1. The number of aryl methyl sites for hydroxylation is 1. The first-order valence-corrected chi connectivity index (χ1v) is 14.9. The van der Waals surface area contributed by atoms with E-state index in [9.17, 15) is 13.9 Å². The van der Waals surface area contributed by atoms with E-state index in [1.807, 2.05) is 60.4 Å². The topological polar surface area (TPSA) is 108 Å². The van der Waals surface area contributed by atoms with Crippen molar-refractivity contribution in [1.29, 1.82) is 0 Å². The summed E-state index contributed by atoms with van der Waals surface area (Å²) in [6.45, 7) is 6.68. The van der Waals surface area contributed by atoms with Crippen molar-refractivity contribution in [3.8, 4) is 17.1 Å². The lowest BCUT2D eigenvalue weighted by molar-refractivity contribution is 0.0241. The standard InChI is InChI=1S/C31H32N4O4S/c1-19(2)15-27-29-25-14-7-5-10-22(25)18-35(27)30(36)21-11-8-12-23(16-21)40(37,38)34-31-32-26(17-28(33-31)39-29)24-13-6-4-9-20(24)3/h4-14,16-17,19,27,29,37-38H,15,18H2,1-3H3,(H,32,33,34)/t27-,29+/m1/s1. The summed E-state index contributed by atoms with van der Waals surface area (Å²) in [6.07, 6.45) is 0.216. The van der Waals surface area contributed by atoms with E-state index in [-0.39, 0.29) is 34.6 Å². The Balaban J connectivity index is 1.60. The van der Waals surface area contributed by atoms with Gasteiger partial charge in [0.25, 0.3) is 5.91 Å². The summed E-state index contributed by atoms with van der Waals surface area (Å²) in [5.41, 5.74) is 4.85. The van der Waals surface area contributed by atoms with Crippen LogP contribution in [0.3, 0.4) is 0 Å². The zero-order valence-electron chi connectivity index (χ0n) is 22.6. The first-order chi connectivity index (χ1) is 19.2. The molecular formula is C31H32N4O4S. The fraction of sp³-hybridized carbons (Fsp3) is 0.258. The number of aromatic nitrogens is 2. The first kappa shape index (κ1) is 26.3. The van der Waals surface area contributed by atoms with E-state index >= 15 is 0 Å². The fourth-order valence-corrected chi connectivity index (χ4v) is 6.57. The lowest BCUT2D eigenvalue weighted by Crippen LogP contribution is -2.49. The van der Waals surface area contributed by atoms with Crippen molar-refractivity contribution in [2.45, 2.75) is 50.8 Å². The van der Waals surface area contributed by atoms with Crippen LogP contribution >= 0.6 is 10.8 Å². The molecule has 6 bridgehead atoms. The van der Waals surface area contributed by atoms with E-state index in [0.29, 0.717) is 24.2 Å². The maximum Gasteiger partial charge on any atom is 0.254 e. The average molecular weight is 557 g/mol. The molecule has 0 saturated carbocycles. The number of anilines is 1. The van der Waals surface area contributed by atoms with E-state index < -0.39 is 16.9 Å². The van der Waals surface area contributed by atoms with E-state index in [1.54, 1.807) is 24.3 Å². The van der Waals surface area contributed by atoms with Gasteiger partial charge in [-0.15, -0.1) is 0 Å². The minimum Gasteiger partial charge on any atom is -0.467 e. The minimum absolute atomic E-state index is 0.0214. The number of hydrogen-bond acceptors (Lipinski definition) is 7. The summed E-state index contributed by atoms with van der Waals surface area (Å²) in [5.74, 6) is 0.395. The van der Waals surface area contributed by atoms with Crippen LogP contribution in [0.25, 0.3) is 11.3 Å². The van der Waals surface area contributed by atoms with Crippen molar-refractivity contribution in [2.24, 2.45) is 5.92 Å². The molecule has 2 aliphatic heterocycles. The zero-order valence-corrected chi connectivity index (χ0v) is 23.4. The Morgan fingerprint density at radius 2 is 1.80 bits per heavy atom. The molecule has 206 valence electrons. The highest BCUT2D eigenvalue weighted by atomic mass is 32.3. The Bertz CT molecular complexity index is 1590. The molecule has 8 nitrogen and oxygen atoms in total. The van der Waals surface area contributed by atoms with Crippen LogP contribution in [0.2, 0.25) is 0 Å². The monoisotopic (exact) mass is 556 g/mol. The second-order valence-electron chi connectivity index (χ2n) is 10.8. The number of amides is 1. The quantitative estimate of drug-likeness (QED) is 0.247. The number of benzene rings is 3. The van der Waals surface area contributed by atoms with Gasteiger partial charge in [-0.25, -0.2) is 9.71 Å². The van der Waals surface area contributed by atoms with Crippen molar-refractivity contribution in [3.05, 3.63) is 101 Å². The molecule has 0 aliphatic carbocycles. The van der Waals surface area contributed by atoms with E-state index in [0.717, 1.165) is 22.3 Å². The summed E-state index contributed by atoms with van der Waals surface area (Å²) < 4.78 is 31.8. The van der Waals surface area contributed by atoms with Gasteiger partial charge >= 0.3 is 0 Å². The lowest BCUT2D eigenvalue weighted by atomic mass is 9.86. The van der Waals surface area contributed by atoms with Gasteiger partial charge < -0.3 is 9.64 Å². The molecule has 4 aromatic rings. The van der Waals surface area contributed by atoms with Crippen molar-refractivity contribution >= 4 is 22.6 Å². The third-order valence-corrected chi connectivity index (χ3v) is 8.82. The molecule has 3 aromatic carbocycles. The van der Waals surface area contributed by atoms with E-state index in [4.69, 9.17) is 4.74 Å². The van der Waals surface area contributed by atoms with Gasteiger partial charge in [0, 0.05) is 23.7 Å². The molecule has 1 amide bonds. The van der Waals surface area contributed by atoms with Crippen molar-refractivity contribution in [3.63, 3.8) is 0 Å². The Kier molecular flexibility index (Phi) is 6.74. The van der Waals surface area contributed by atoms with Crippen LogP contribution < -0.4 is 9.46 Å². The average Bonchev–Trinajstić information content (AvgIpc) is 2.93. The highest BCUT2D eigenvalue weighted by molar-refractivity contribution is 8.25. The van der Waals surface area contributed by atoms with Crippen molar-refractivity contribution in [1.82, 2.24) is 14.9 Å². The number of nitrogens with one attached hydrogen (secondary N) is 1. The van der Waals surface area contributed by atoms with Crippen LogP contribution in [-0.4, -0.2) is 35.9 Å². The third kappa shape index (κ3) is 4.92. The van der Waals surface area contributed by atoms with E-state index in [1.165, 1.54) is 6.07 Å². The summed E-state index contributed by atoms with van der Waals surface area (Å²) >= 11 is 0. The van der Waals surface area contributed by atoms with Gasteiger partial charge in [0.05, 0.1) is 16.6 Å². The van der Waals surface area contributed by atoms with Gasteiger partial charge in [-0.05, 0) is 54.2 Å². The van der Waals surface area contributed by atoms with Gasteiger partial charge in [0.2, 0.25) is 11.8 Å². The van der Waals surface area contributed by atoms with Crippen LogP contribution in [0, 0.1) is 12.8 Å². The second-order valence-corrected chi connectivity index (χ2v) is 12.5. The molecule has 1 aromatic heterocycles. The molecule has 3 N–H and O–H groups in total. The number of carbonyl (C=O) groups excluding carboxylic acids is 1. The molecule has 0 saturated heterocycles. The highest BCUT2D eigenvalue weighted by Gasteiger charge is 2.40. The van der Waals surface area contributed by atoms with Crippen LogP contribution in [0.4, 0.5) is 5.95 Å². The predicted molar refractivity (Wildman–Crippen MR) is 156 cm³/mol. The predicted octanol–water partition coefficient (Wildman–Crippen LogP) is 7.09. The van der Waals surface area contributed by atoms with Gasteiger partial charge in [0.1, 0.15) is 6.10 Å². The van der Waals surface area contributed by atoms with Crippen molar-refractivity contribution in [2.75, 3.05) is 4.72 Å². The van der Waals surface area contributed by atoms with Gasteiger partial charge in [-0.3, -0.25) is 13.9 Å². The maximum absolute atomic E-state index is 14.1. The number of ether oxygens (including phenoxy) is 1. The highest BCUT2D eigenvalue weighted by Crippen LogP contribution is 2.48. The van der Waals surface area contributed by atoms with E-state index in [2.05, 4.69) is 28.5 Å². The van der Waals surface area contributed by atoms with Crippen LogP contribution in [0.15, 0.2) is 83.8 Å². The fourth-order valence-electron chi connectivity index (χ4n) is 5.54. The van der Waals surface area contributed by atoms with Gasteiger partial charge in [-0.2, -0.15) is 4.98 Å². The number of nitrogens with zero attached hydrogens (tertiary/aromatic N) is 3. The third-order valence-electron chi connectivity index (χ3n) is 7.44. The lowest BCUT2D eigenvalue weighted by Gasteiger charge is -2.43. The van der Waals surface area contributed by atoms with Crippen LogP contribution in [0.5, 0.6) is 5.88 Å². The first-order valence-electron chi connectivity index (χ1n) is 13.4. The SMILES string of the molecule is Cc1ccccc1-c1cc2nc(n1)NS(O)(O)c1cccc(c1)C(=O)N1Cc3ccccc3[C@H](O2)[C@H]1CC(C)C. The molecule has 0 unspecified atom stereocenters.